The maximum atomic E-state index is 9.58. The van der Waals surface area contributed by atoms with E-state index in [2.05, 4.69) is 136 Å². The summed E-state index contributed by atoms with van der Waals surface area (Å²) >= 11 is 0. The van der Waals surface area contributed by atoms with Crippen molar-refractivity contribution in [3.63, 3.8) is 0 Å². The molecule has 0 radical (unpaired) electrons. The SMILES string of the molecule is C=CC1CC1(C)C.CC(C)CC1(O)CCC1.CC(C)CC1C=CCC1.CC1(C)CC1.CC1(C)CC1C1CC1.CC1CC1(C)C.CCC1CC1(C)C. The molecule has 0 saturated heterocycles. The first-order valence-corrected chi connectivity index (χ1v) is 22.3. The molecule has 8 aliphatic carbocycles. The Balaban J connectivity index is 0.000000208. The van der Waals surface area contributed by atoms with Crippen molar-refractivity contribution < 1.29 is 5.11 Å². The van der Waals surface area contributed by atoms with Crippen LogP contribution in [0.4, 0.5) is 0 Å². The topological polar surface area (TPSA) is 20.2 Å². The number of rotatable bonds is 7. The molecule has 0 heterocycles. The molecule has 5 atom stereocenters. The molecule has 0 spiro atoms. The zero-order chi connectivity index (χ0) is 39.1. The molecule has 7 saturated carbocycles. The Morgan fingerprint density at radius 2 is 1.20 bits per heavy atom. The van der Waals surface area contributed by atoms with Crippen LogP contribution in [0.15, 0.2) is 24.8 Å². The van der Waals surface area contributed by atoms with Crippen LogP contribution < -0.4 is 0 Å². The number of hydrogen-bond donors (Lipinski definition) is 1. The molecule has 0 aromatic heterocycles. The van der Waals surface area contributed by atoms with Crippen LogP contribution in [0.2, 0.25) is 0 Å². The van der Waals surface area contributed by atoms with E-state index in [1.165, 1.54) is 83.5 Å². The molecule has 0 aromatic carbocycles. The maximum absolute atomic E-state index is 9.58. The first kappa shape index (κ1) is 46.6. The van der Waals surface area contributed by atoms with Crippen molar-refractivity contribution in [3.05, 3.63) is 24.8 Å². The normalized spacial score (nSPS) is 32.6. The Hall–Kier alpha value is -0.560. The van der Waals surface area contributed by atoms with Gasteiger partial charge in [-0.25, -0.2) is 0 Å². The Morgan fingerprint density at radius 3 is 1.31 bits per heavy atom. The third-order valence-electron chi connectivity index (χ3n) is 14.1. The van der Waals surface area contributed by atoms with Gasteiger partial charge in [0.15, 0.2) is 0 Å². The van der Waals surface area contributed by atoms with Crippen LogP contribution in [0.3, 0.4) is 0 Å². The summed E-state index contributed by atoms with van der Waals surface area (Å²) < 4.78 is 0. The van der Waals surface area contributed by atoms with E-state index in [1.807, 2.05) is 0 Å². The van der Waals surface area contributed by atoms with Crippen LogP contribution in [0.1, 0.15) is 214 Å². The van der Waals surface area contributed by atoms with E-state index in [-0.39, 0.29) is 5.60 Å². The summed E-state index contributed by atoms with van der Waals surface area (Å²) in [5, 5.41) is 9.58. The summed E-state index contributed by atoms with van der Waals surface area (Å²) in [6.45, 7) is 40.5. The van der Waals surface area contributed by atoms with Gasteiger partial charge in [-0.1, -0.05) is 135 Å². The monoisotopic (exact) mass is 711 g/mol. The van der Waals surface area contributed by atoms with E-state index in [0.29, 0.717) is 16.7 Å². The fraction of sp³-hybridized carbons (Fsp3) is 0.920. The average Bonchev–Trinajstić information content (AvgIpc) is 3.69. The predicted octanol–water partition coefficient (Wildman–Crippen LogP) is 15.9. The summed E-state index contributed by atoms with van der Waals surface area (Å²) in [4.78, 5) is 0. The van der Waals surface area contributed by atoms with Crippen molar-refractivity contribution in [2.75, 3.05) is 0 Å². The molecule has 5 unspecified atom stereocenters. The second-order valence-corrected chi connectivity index (χ2v) is 23.3. The smallest absolute Gasteiger partial charge is 0.0650 e. The molecule has 8 aliphatic rings. The first-order valence-electron chi connectivity index (χ1n) is 22.3. The molecular weight excluding hydrogens is 617 g/mol. The third kappa shape index (κ3) is 19.6. The molecular formula is C50H94O. The average molecular weight is 711 g/mol. The highest BCUT2D eigenvalue weighted by atomic mass is 16.3. The lowest BCUT2D eigenvalue weighted by molar-refractivity contribution is -0.0493. The van der Waals surface area contributed by atoms with Gasteiger partial charge in [-0.2, -0.15) is 0 Å². The zero-order valence-corrected chi connectivity index (χ0v) is 37.8. The van der Waals surface area contributed by atoms with Gasteiger partial charge < -0.3 is 5.11 Å². The molecule has 0 amide bonds. The lowest BCUT2D eigenvalue weighted by atomic mass is 9.75. The molecule has 7 fully saturated rings. The highest BCUT2D eigenvalue weighted by Crippen LogP contribution is 2.62. The predicted molar refractivity (Wildman–Crippen MR) is 229 cm³/mol. The van der Waals surface area contributed by atoms with Gasteiger partial charge in [0.2, 0.25) is 0 Å². The summed E-state index contributed by atoms with van der Waals surface area (Å²) in [7, 11) is 0. The highest BCUT2D eigenvalue weighted by molar-refractivity contribution is 5.04. The third-order valence-corrected chi connectivity index (χ3v) is 14.1. The van der Waals surface area contributed by atoms with Crippen molar-refractivity contribution in [1.29, 1.82) is 0 Å². The van der Waals surface area contributed by atoms with Crippen LogP contribution in [-0.4, -0.2) is 10.7 Å². The van der Waals surface area contributed by atoms with Crippen LogP contribution in [0.25, 0.3) is 0 Å². The molecule has 1 N–H and O–H groups in total. The van der Waals surface area contributed by atoms with Gasteiger partial charge in [-0.05, 0) is 171 Å². The van der Waals surface area contributed by atoms with Gasteiger partial charge in [0.05, 0.1) is 5.60 Å². The summed E-state index contributed by atoms with van der Waals surface area (Å²) in [5.74, 6) is 7.57. The van der Waals surface area contributed by atoms with Gasteiger partial charge >= 0.3 is 0 Å². The number of aliphatic hydroxyl groups is 1. The molecule has 0 bridgehead atoms. The van der Waals surface area contributed by atoms with E-state index in [4.69, 9.17) is 0 Å². The summed E-state index contributed by atoms with van der Waals surface area (Å²) in [5.41, 5.74) is 3.27. The molecule has 1 nitrogen and oxygen atoms in total. The highest BCUT2D eigenvalue weighted by Gasteiger charge is 2.53. The van der Waals surface area contributed by atoms with Gasteiger partial charge in [0.1, 0.15) is 0 Å². The van der Waals surface area contributed by atoms with Crippen LogP contribution >= 0.6 is 0 Å². The van der Waals surface area contributed by atoms with E-state index >= 15 is 0 Å². The Labute approximate surface area is 322 Å². The fourth-order valence-electron chi connectivity index (χ4n) is 8.02. The molecule has 51 heavy (non-hydrogen) atoms. The van der Waals surface area contributed by atoms with Gasteiger partial charge in [0.25, 0.3) is 0 Å². The van der Waals surface area contributed by atoms with Gasteiger partial charge in [0, 0.05) is 0 Å². The maximum Gasteiger partial charge on any atom is 0.0650 e. The van der Waals surface area contributed by atoms with E-state index in [9.17, 15) is 5.11 Å². The lowest BCUT2D eigenvalue weighted by Crippen LogP contribution is -2.37. The quantitative estimate of drug-likeness (QED) is 0.261. The second-order valence-electron chi connectivity index (χ2n) is 23.3. The summed E-state index contributed by atoms with van der Waals surface area (Å²) in [6, 6.07) is 0. The summed E-state index contributed by atoms with van der Waals surface area (Å²) in [6.07, 6.45) is 28.2. The Bertz CT molecular complexity index is 1040. The Morgan fingerprint density at radius 1 is 0.725 bits per heavy atom. The van der Waals surface area contributed by atoms with Gasteiger partial charge in [-0.3, -0.25) is 0 Å². The van der Waals surface area contributed by atoms with E-state index in [0.717, 1.165) is 76.9 Å². The molecule has 1 heteroatoms. The second kappa shape index (κ2) is 18.9. The van der Waals surface area contributed by atoms with E-state index < -0.39 is 0 Å². The van der Waals surface area contributed by atoms with Crippen LogP contribution in [0, 0.1) is 74.4 Å². The number of hydrogen-bond acceptors (Lipinski definition) is 1. The molecule has 0 aromatic rings. The molecule has 8 rings (SSSR count). The van der Waals surface area contributed by atoms with Crippen molar-refractivity contribution in [2.45, 2.75) is 219 Å². The van der Waals surface area contributed by atoms with E-state index in [1.54, 1.807) is 0 Å². The standard InChI is InChI=1S/C9H16.C8H16O.C8H14.C7H14.C7H12.C6H12.C5H10/c1-8(2)7-9-5-3-4-6-9;1-7(2)6-8(9)4-3-5-8;1-8(2)5-7(8)6-3-4-6;2*1-4-6-5-7(6,2)3;1-5-4-6(5,2)3;1-5(2)3-4-5/h3,5,8-9H,4,6-7H2,1-2H3;7,9H,3-6H2,1-2H3;6-7H,3-5H2,1-2H3;6H,4-5H2,1-3H3;4,6H,1,5H2,2-3H3;5H,4H2,1-3H3;3-4H2,1-2H3. The minimum absolute atomic E-state index is 0.256. The minimum Gasteiger partial charge on any atom is -0.390 e. The van der Waals surface area contributed by atoms with Crippen molar-refractivity contribution in [2.24, 2.45) is 74.4 Å². The lowest BCUT2D eigenvalue weighted by Gasteiger charge is -2.37. The van der Waals surface area contributed by atoms with Crippen LogP contribution in [0.5, 0.6) is 0 Å². The Kier molecular flexibility index (Phi) is 17.2. The zero-order valence-electron chi connectivity index (χ0n) is 37.8. The number of allylic oxidation sites excluding steroid dienone is 3. The van der Waals surface area contributed by atoms with Crippen molar-refractivity contribution >= 4 is 0 Å². The molecule has 300 valence electrons. The van der Waals surface area contributed by atoms with Crippen molar-refractivity contribution in [1.82, 2.24) is 0 Å². The van der Waals surface area contributed by atoms with Crippen molar-refractivity contribution in [3.8, 4) is 0 Å². The minimum atomic E-state index is -0.256. The van der Waals surface area contributed by atoms with Gasteiger partial charge in [-0.15, -0.1) is 6.58 Å². The molecule has 0 aliphatic heterocycles. The fourth-order valence-corrected chi connectivity index (χ4v) is 8.02. The first-order chi connectivity index (χ1) is 23.3. The largest absolute Gasteiger partial charge is 0.390 e. The van der Waals surface area contributed by atoms with Crippen LogP contribution in [-0.2, 0) is 0 Å².